The molecule has 0 aliphatic heterocycles. The van der Waals surface area contributed by atoms with E-state index in [1.165, 1.54) is 12.0 Å². The van der Waals surface area contributed by atoms with Crippen LogP contribution >= 0.6 is 35.3 Å². The van der Waals surface area contributed by atoms with E-state index in [-0.39, 0.29) is 24.0 Å². The molecule has 0 fully saturated rings. The van der Waals surface area contributed by atoms with E-state index in [0.29, 0.717) is 6.54 Å². The van der Waals surface area contributed by atoms with Crippen LogP contribution in [0.3, 0.4) is 0 Å². The molecule has 0 unspecified atom stereocenters. The van der Waals surface area contributed by atoms with Gasteiger partial charge in [-0.1, -0.05) is 13.3 Å². The first kappa shape index (κ1) is 19.0. The van der Waals surface area contributed by atoms with Crippen LogP contribution in [0.2, 0.25) is 0 Å². The van der Waals surface area contributed by atoms with Crippen LogP contribution in [0.15, 0.2) is 44.6 Å². The highest BCUT2D eigenvalue weighted by molar-refractivity contribution is 14.0. The standard InChI is InChI=1S/C16H23N3OS.HI/c1-2-3-8-17-16(19-12-14-7-11-21-13-14)18-9-6-15-5-4-10-20-15;/h4-5,7,10-11,13H,2-3,6,8-9,12H2,1H3,(H2,17,18,19);1H. The monoisotopic (exact) mass is 433 g/mol. The van der Waals surface area contributed by atoms with E-state index in [4.69, 9.17) is 4.42 Å². The summed E-state index contributed by atoms with van der Waals surface area (Å²) in [6.45, 7) is 4.67. The van der Waals surface area contributed by atoms with Crippen LogP contribution in [-0.2, 0) is 13.0 Å². The molecular formula is C16H24IN3OS. The summed E-state index contributed by atoms with van der Waals surface area (Å²) in [5.74, 6) is 1.87. The second kappa shape index (κ2) is 11.5. The molecule has 22 heavy (non-hydrogen) atoms. The number of rotatable bonds is 8. The fourth-order valence-corrected chi connectivity index (χ4v) is 2.53. The summed E-state index contributed by atoms with van der Waals surface area (Å²) < 4.78 is 5.33. The number of nitrogens with zero attached hydrogens (tertiary/aromatic N) is 1. The number of nitrogens with one attached hydrogen (secondary N) is 2. The SMILES string of the molecule is CCCCNC(=NCc1ccsc1)NCCc1ccco1.I. The third-order valence-electron chi connectivity index (χ3n) is 3.07. The van der Waals surface area contributed by atoms with Crippen LogP contribution in [0.25, 0.3) is 0 Å². The Balaban J connectivity index is 0.00000242. The Morgan fingerprint density at radius 1 is 1.27 bits per heavy atom. The van der Waals surface area contributed by atoms with Gasteiger partial charge in [-0.2, -0.15) is 11.3 Å². The van der Waals surface area contributed by atoms with Gasteiger partial charge in [0, 0.05) is 19.5 Å². The molecule has 6 heteroatoms. The lowest BCUT2D eigenvalue weighted by atomic mass is 10.3. The molecule has 2 heterocycles. The molecule has 0 bridgehead atoms. The van der Waals surface area contributed by atoms with E-state index in [0.717, 1.165) is 37.7 Å². The van der Waals surface area contributed by atoms with Gasteiger partial charge in [0.25, 0.3) is 0 Å². The van der Waals surface area contributed by atoms with E-state index in [1.807, 2.05) is 12.1 Å². The molecule has 0 aliphatic rings. The van der Waals surface area contributed by atoms with Gasteiger partial charge in [0.05, 0.1) is 12.8 Å². The van der Waals surface area contributed by atoms with Crippen LogP contribution < -0.4 is 10.6 Å². The average molecular weight is 433 g/mol. The average Bonchev–Trinajstić information content (AvgIpc) is 3.18. The normalized spacial score (nSPS) is 11.0. The Kier molecular flexibility index (Phi) is 9.98. The van der Waals surface area contributed by atoms with E-state index in [9.17, 15) is 0 Å². The Hall–Kier alpha value is -1.02. The van der Waals surface area contributed by atoms with Crippen LogP contribution in [0, 0.1) is 0 Å². The molecule has 0 radical (unpaired) electrons. The molecule has 122 valence electrons. The Morgan fingerprint density at radius 3 is 2.82 bits per heavy atom. The molecule has 2 N–H and O–H groups in total. The first-order valence-corrected chi connectivity index (χ1v) is 8.38. The van der Waals surface area contributed by atoms with Crippen molar-refractivity contribution in [1.29, 1.82) is 0 Å². The van der Waals surface area contributed by atoms with Gasteiger partial charge in [0.1, 0.15) is 5.76 Å². The summed E-state index contributed by atoms with van der Waals surface area (Å²) in [5.41, 5.74) is 1.25. The first-order chi connectivity index (χ1) is 10.4. The third kappa shape index (κ3) is 7.31. The zero-order valence-corrected chi connectivity index (χ0v) is 16.0. The summed E-state index contributed by atoms with van der Waals surface area (Å²) in [6.07, 6.45) is 4.90. The van der Waals surface area contributed by atoms with Crippen molar-refractivity contribution in [3.05, 3.63) is 46.5 Å². The summed E-state index contributed by atoms with van der Waals surface area (Å²) in [5, 5.41) is 11.0. The quantitative estimate of drug-likeness (QED) is 0.286. The lowest BCUT2D eigenvalue weighted by molar-refractivity contribution is 0.506. The van der Waals surface area contributed by atoms with Crippen molar-refractivity contribution in [3.8, 4) is 0 Å². The molecule has 0 aliphatic carbocycles. The Labute approximate surface area is 153 Å². The molecule has 2 aromatic heterocycles. The maximum Gasteiger partial charge on any atom is 0.191 e. The van der Waals surface area contributed by atoms with E-state index < -0.39 is 0 Å². The van der Waals surface area contributed by atoms with Crippen LogP contribution in [-0.4, -0.2) is 19.0 Å². The van der Waals surface area contributed by atoms with Crippen molar-refractivity contribution in [2.75, 3.05) is 13.1 Å². The van der Waals surface area contributed by atoms with Crippen molar-refractivity contribution in [1.82, 2.24) is 10.6 Å². The predicted octanol–water partition coefficient (Wildman–Crippen LogP) is 4.04. The second-order valence-electron chi connectivity index (χ2n) is 4.83. The fourth-order valence-electron chi connectivity index (χ4n) is 1.87. The van der Waals surface area contributed by atoms with Crippen molar-refractivity contribution < 1.29 is 4.42 Å². The van der Waals surface area contributed by atoms with Gasteiger partial charge in [0.15, 0.2) is 5.96 Å². The maximum atomic E-state index is 5.33. The predicted molar refractivity (Wildman–Crippen MR) is 104 cm³/mol. The summed E-state index contributed by atoms with van der Waals surface area (Å²) in [7, 11) is 0. The molecule has 0 saturated carbocycles. The summed E-state index contributed by atoms with van der Waals surface area (Å²) in [4.78, 5) is 4.63. The molecule has 0 saturated heterocycles. The highest BCUT2D eigenvalue weighted by Crippen LogP contribution is 2.06. The Morgan fingerprint density at radius 2 is 2.14 bits per heavy atom. The van der Waals surface area contributed by atoms with Gasteiger partial charge in [-0.3, -0.25) is 0 Å². The van der Waals surface area contributed by atoms with Crippen molar-refractivity contribution in [2.45, 2.75) is 32.7 Å². The van der Waals surface area contributed by atoms with Crippen LogP contribution in [0.5, 0.6) is 0 Å². The summed E-state index contributed by atoms with van der Waals surface area (Å²) in [6, 6.07) is 6.02. The second-order valence-corrected chi connectivity index (χ2v) is 5.61. The minimum absolute atomic E-state index is 0. The number of unbranched alkanes of at least 4 members (excludes halogenated alkanes) is 1. The van der Waals surface area contributed by atoms with E-state index >= 15 is 0 Å². The number of thiophene rings is 1. The molecule has 0 amide bonds. The topological polar surface area (TPSA) is 49.6 Å². The molecule has 2 rings (SSSR count). The smallest absolute Gasteiger partial charge is 0.191 e. The summed E-state index contributed by atoms with van der Waals surface area (Å²) >= 11 is 1.71. The zero-order chi connectivity index (χ0) is 14.8. The molecule has 2 aromatic rings. The van der Waals surface area contributed by atoms with Gasteiger partial charge in [-0.25, -0.2) is 4.99 Å². The Bertz CT molecular complexity index is 511. The number of halogens is 1. The molecule has 4 nitrogen and oxygen atoms in total. The number of guanidine groups is 1. The van der Waals surface area contributed by atoms with Gasteiger partial charge in [-0.15, -0.1) is 24.0 Å². The number of hydrogen-bond donors (Lipinski definition) is 2. The van der Waals surface area contributed by atoms with Crippen LogP contribution in [0.1, 0.15) is 31.1 Å². The minimum Gasteiger partial charge on any atom is -0.469 e. The molecule has 0 atom stereocenters. The van der Waals surface area contributed by atoms with E-state index in [2.05, 4.69) is 39.4 Å². The third-order valence-corrected chi connectivity index (χ3v) is 3.80. The van der Waals surface area contributed by atoms with Crippen molar-refractivity contribution >= 4 is 41.3 Å². The van der Waals surface area contributed by atoms with Gasteiger partial charge in [-0.05, 0) is 40.9 Å². The van der Waals surface area contributed by atoms with Crippen molar-refractivity contribution in [3.63, 3.8) is 0 Å². The maximum absolute atomic E-state index is 5.33. The molecule has 0 aromatic carbocycles. The lowest BCUT2D eigenvalue weighted by Gasteiger charge is -2.11. The lowest BCUT2D eigenvalue weighted by Crippen LogP contribution is -2.38. The molecule has 0 spiro atoms. The fraction of sp³-hybridized carbons (Fsp3) is 0.438. The minimum atomic E-state index is 0. The first-order valence-electron chi connectivity index (χ1n) is 7.44. The van der Waals surface area contributed by atoms with E-state index in [1.54, 1.807) is 17.6 Å². The van der Waals surface area contributed by atoms with Crippen LogP contribution in [0.4, 0.5) is 0 Å². The molecular weight excluding hydrogens is 409 g/mol. The number of furan rings is 1. The largest absolute Gasteiger partial charge is 0.469 e. The van der Waals surface area contributed by atoms with Gasteiger partial charge >= 0.3 is 0 Å². The zero-order valence-electron chi connectivity index (χ0n) is 12.9. The number of aliphatic imine (C=N–C) groups is 1. The number of hydrogen-bond acceptors (Lipinski definition) is 3. The highest BCUT2D eigenvalue weighted by Gasteiger charge is 2.00. The highest BCUT2D eigenvalue weighted by atomic mass is 127. The van der Waals surface area contributed by atoms with Crippen molar-refractivity contribution in [2.24, 2.45) is 4.99 Å². The van der Waals surface area contributed by atoms with Gasteiger partial charge < -0.3 is 15.1 Å². The van der Waals surface area contributed by atoms with Gasteiger partial charge in [0.2, 0.25) is 0 Å².